The van der Waals surface area contributed by atoms with Gasteiger partial charge in [0.05, 0.1) is 31.3 Å². The fraction of sp³-hybridized carbons (Fsp3) is 0.304. The van der Waals surface area contributed by atoms with Gasteiger partial charge in [0.15, 0.2) is 5.69 Å². The lowest BCUT2D eigenvalue weighted by Gasteiger charge is -2.20. The smallest absolute Gasteiger partial charge is 0.412 e. The van der Waals surface area contributed by atoms with Crippen LogP contribution in [-0.4, -0.2) is 46.8 Å². The first-order valence-corrected chi connectivity index (χ1v) is 10.2. The number of ether oxygens (including phenoxy) is 3. The van der Waals surface area contributed by atoms with Crippen molar-refractivity contribution in [3.63, 3.8) is 0 Å². The highest BCUT2D eigenvalue weighted by molar-refractivity contribution is 6.04. The van der Waals surface area contributed by atoms with Crippen molar-refractivity contribution < 1.29 is 23.8 Å². The number of hydrogen-bond acceptors (Lipinski definition) is 7. The van der Waals surface area contributed by atoms with E-state index in [0.717, 1.165) is 0 Å². The van der Waals surface area contributed by atoms with E-state index in [0.29, 0.717) is 34.3 Å². The van der Waals surface area contributed by atoms with E-state index < -0.39 is 17.6 Å². The molecule has 10 nitrogen and oxygen atoms in total. The van der Waals surface area contributed by atoms with Gasteiger partial charge in [0.25, 0.3) is 5.91 Å². The second-order valence-electron chi connectivity index (χ2n) is 8.13. The van der Waals surface area contributed by atoms with E-state index in [4.69, 9.17) is 14.2 Å². The molecule has 0 fully saturated rings. The highest BCUT2D eigenvalue weighted by Crippen LogP contribution is 2.29. The minimum atomic E-state index is -0.657. The van der Waals surface area contributed by atoms with Gasteiger partial charge in [0.2, 0.25) is 0 Å². The zero-order valence-corrected chi connectivity index (χ0v) is 19.4. The monoisotopic (exact) mass is 453 g/mol. The number of carbonyl (C=O) groups is 2. The van der Waals surface area contributed by atoms with Crippen LogP contribution in [0.3, 0.4) is 0 Å². The van der Waals surface area contributed by atoms with Gasteiger partial charge in [-0.05, 0) is 58.0 Å². The van der Waals surface area contributed by atoms with Gasteiger partial charge in [-0.2, -0.15) is 0 Å². The van der Waals surface area contributed by atoms with E-state index in [9.17, 15) is 9.59 Å². The van der Waals surface area contributed by atoms with Crippen molar-refractivity contribution in [3.8, 4) is 17.2 Å². The second-order valence-corrected chi connectivity index (χ2v) is 8.13. The number of nitrogens with zero attached hydrogens (tertiary/aromatic N) is 3. The molecule has 0 aliphatic carbocycles. The Bertz CT molecular complexity index is 1170. The summed E-state index contributed by atoms with van der Waals surface area (Å²) in [5.74, 6) is 0.630. The molecule has 0 bridgehead atoms. The van der Waals surface area contributed by atoms with Gasteiger partial charge >= 0.3 is 6.09 Å². The summed E-state index contributed by atoms with van der Waals surface area (Å²) < 4.78 is 17.4. The van der Waals surface area contributed by atoms with Crippen LogP contribution in [0.5, 0.6) is 11.5 Å². The summed E-state index contributed by atoms with van der Waals surface area (Å²) in [5, 5.41) is 13.5. The Morgan fingerprint density at radius 2 is 1.76 bits per heavy atom. The molecule has 0 atom stereocenters. The molecule has 2 aromatic carbocycles. The molecule has 0 radical (unpaired) electrons. The van der Waals surface area contributed by atoms with Crippen LogP contribution in [-0.2, 0) is 4.74 Å². The van der Waals surface area contributed by atoms with Gasteiger partial charge in [-0.1, -0.05) is 11.3 Å². The molecule has 2 amide bonds. The van der Waals surface area contributed by atoms with Crippen molar-refractivity contribution >= 4 is 23.4 Å². The summed E-state index contributed by atoms with van der Waals surface area (Å²) in [5.41, 5.74) is 1.56. The van der Waals surface area contributed by atoms with Crippen molar-refractivity contribution in [2.45, 2.75) is 33.3 Å². The number of carbonyl (C=O) groups excluding carboxylic acids is 2. The molecule has 2 N–H and O–H groups in total. The number of hydrogen-bond donors (Lipinski definition) is 2. The van der Waals surface area contributed by atoms with Crippen molar-refractivity contribution in [3.05, 3.63) is 53.9 Å². The van der Waals surface area contributed by atoms with Crippen molar-refractivity contribution in [1.82, 2.24) is 15.0 Å². The Morgan fingerprint density at radius 3 is 2.42 bits per heavy atom. The zero-order valence-electron chi connectivity index (χ0n) is 19.4. The molecule has 3 rings (SSSR count). The highest BCUT2D eigenvalue weighted by atomic mass is 16.6. The normalized spacial score (nSPS) is 11.0. The molecule has 10 heteroatoms. The summed E-state index contributed by atoms with van der Waals surface area (Å²) in [6, 6.07) is 12.1. The minimum Gasteiger partial charge on any atom is -0.497 e. The van der Waals surface area contributed by atoms with E-state index in [1.165, 1.54) is 7.11 Å². The zero-order chi connectivity index (χ0) is 24.2. The standard InChI is InChI=1S/C23H27N5O5/c1-14-20(26-27-28(14)16-8-7-9-17(13-16)31-5)21(29)24-15-10-11-19(32-6)18(12-15)25-22(30)33-23(2,3)4/h7-13H,1-6H3,(H,24,29)(H,25,30). The van der Waals surface area contributed by atoms with Crippen LogP contribution >= 0.6 is 0 Å². The average Bonchev–Trinajstić information content (AvgIpc) is 3.14. The van der Waals surface area contributed by atoms with Gasteiger partial charge in [-0.25, -0.2) is 9.48 Å². The number of methoxy groups -OCH3 is 2. The van der Waals surface area contributed by atoms with Crippen LogP contribution in [0, 0.1) is 6.92 Å². The molecule has 0 unspecified atom stereocenters. The van der Waals surface area contributed by atoms with Crippen molar-refractivity contribution in [2.75, 3.05) is 24.9 Å². The maximum Gasteiger partial charge on any atom is 0.412 e. The molecule has 0 aliphatic rings. The molecule has 0 aliphatic heterocycles. The number of benzene rings is 2. The Kier molecular flexibility index (Phi) is 6.86. The van der Waals surface area contributed by atoms with Gasteiger partial charge in [-0.3, -0.25) is 10.1 Å². The summed E-state index contributed by atoms with van der Waals surface area (Å²) in [7, 11) is 3.06. The quantitative estimate of drug-likeness (QED) is 0.575. The largest absolute Gasteiger partial charge is 0.497 e. The topological polar surface area (TPSA) is 117 Å². The highest BCUT2D eigenvalue weighted by Gasteiger charge is 2.20. The lowest BCUT2D eigenvalue weighted by Crippen LogP contribution is -2.27. The van der Waals surface area contributed by atoms with Crippen molar-refractivity contribution in [2.24, 2.45) is 0 Å². The fourth-order valence-corrected chi connectivity index (χ4v) is 3.01. The molecule has 1 aromatic heterocycles. The number of anilines is 2. The predicted molar refractivity (Wildman–Crippen MR) is 123 cm³/mol. The second kappa shape index (κ2) is 9.60. The van der Waals surface area contributed by atoms with Crippen LogP contribution < -0.4 is 20.1 Å². The van der Waals surface area contributed by atoms with Gasteiger partial charge in [0.1, 0.15) is 17.1 Å². The summed E-state index contributed by atoms with van der Waals surface area (Å²) >= 11 is 0. The predicted octanol–water partition coefficient (Wildman–Crippen LogP) is 4.19. The van der Waals surface area contributed by atoms with Crippen LogP contribution in [0.4, 0.5) is 16.2 Å². The SMILES string of the molecule is COc1cccc(-n2nnc(C(=O)Nc3ccc(OC)c(NC(=O)OC(C)(C)C)c3)c2C)c1. The van der Waals surface area contributed by atoms with E-state index >= 15 is 0 Å². The molecule has 33 heavy (non-hydrogen) atoms. The van der Waals surface area contributed by atoms with Crippen LogP contribution in [0.1, 0.15) is 37.0 Å². The number of amides is 2. The molecule has 0 spiro atoms. The summed E-state index contributed by atoms with van der Waals surface area (Å²) in [4.78, 5) is 25.1. The molecule has 174 valence electrons. The first kappa shape index (κ1) is 23.6. The Hall–Kier alpha value is -4.08. The molecular weight excluding hydrogens is 426 g/mol. The van der Waals surface area contributed by atoms with Crippen LogP contribution in [0.15, 0.2) is 42.5 Å². The third-order valence-corrected chi connectivity index (χ3v) is 4.50. The number of nitrogens with one attached hydrogen (secondary N) is 2. The Balaban J connectivity index is 1.80. The fourth-order valence-electron chi connectivity index (χ4n) is 3.01. The third kappa shape index (κ3) is 5.79. The van der Waals surface area contributed by atoms with E-state index in [1.807, 2.05) is 18.2 Å². The molecular formula is C23H27N5O5. The van der Waals surface area contributed by atoms with Gasteiger partial charge in [-0.15, -0.1) is 5.10 Å². The van der Waals surface area contributed by atoms with Gasteiger partial charge in [0, 0.05) is 11.8 Å². The first-order valence-electron chi connectivity index (χ1n) is 10.2. The van der Waals surface area contributed by atoms with Crippen LogP contribution in [0.25, 0.3) is 5.69 Å². The molecule has 0 saturated heterocycles. The summed E-state index contributed by atoms with van der Waals surface area (Å²) in [6.45, 7) is 7.04. The average molecular weight is 453 g/mol. The van der Waals surface area contributed by atoms with E-state index in [1.54, 1.807) is 63.8 Å². The van der Waals surface area contributed by atoms with Gasteiger partial charge < -0.3 is 19.5 Å². The lowest BCUT2D eigenvalue weighted by atomic mass is 10.2. The summed E-state index contributed by atoms with van der Waals surface area (Å²) in [6.07, 6.45) is -0.638. The minimum absolute atomic E-state index is 0.162. The van der Waals surface area contributed by atoms with E-state index in [2.05, 4.69) is 20.9 Å². The Labute approximate surface area is 191 Å². The molecule has 1 heterocycles. The maximum atomic E-state index is 12.9. The first-order chi connectivity index (χ1) is 15.6. The lowest BCUT2D eigenvalue weighted by molar-refractivity contribution is 0.0635. The maximum absolute atomic E-state index is 12.9. The van der Waals surface area contributed by atoms with E-state index in [-0.39, 0.29) is 5.69 Å². The number of aromatic nitrogens is 3. The molecule has 0 saturated carbocycles. The van der Waals surface area contributed by atoms with Crippen LogP contribution in [0.2, 0.25) is 0 Å². The Morgan fingerprint density at radius 1 is 1.00 bits per heavy atom. The van der Waals surface area contributed by atoms with Crippen molar-refractivity contribution in [1.29, 1.82) is 0 Å². The third-order valence-electron chi connectivity index (χ3n) is 4.50. The number of rotatable bonds is 6. The molecule has 3 aromatic rings.